The molecule has 8 nitrogen and oxygen atoms in total. The molecule has 2 aromatic heterocycles. The third-order valence-corrected chi connectivity index (χ3v) is 3.53. The average molecular weight is 328 g/mol. The Labute approximate surface area is 136 Å². The second-order valence-electron chi connectivity index (χ2n) is 5.21. The molecule has 124 valence electrons. The van der Waals surface area contributed by atoms with Crippen LogP contribution in [0.25, 0.3) is 11.1 Å². The Bertz CT molecular complexity index is 970. The number of rotatable bonds is 6. The summed E-state index contributed by atoms with van der Waals surface area (Å²) in [5, 5.41) is 6.65. The molecule has 0 aliphatic rings. The highest BCUT2D eigenvalue weighted by Crippen LogP contribution is 2.11. The van der Waals surface area contributed by atoms with Crippen molar-refractivity contribution in [2.45, 2.75) is 19.5 Å². The van der Waals surface area contributed by atoms with E-state index in [2.05, 4.69) is 10.4 Å². The van der Waals surface area contributed by atoms with Crippen molar-refractivity contribution in [3.05, 3.63) is 63.5 Å². The molecule has 0 radical (unpaired) electrons. The summed E-state index contributed by atoms with van der Waals surface area (Å²) in [6.45, 7) is 0.681. The van der Waals surface area contributed by atoms with Crippen LogP contribution in [0.5, 0.6) is 0 Å². The van der Waals surface area contributed by atoms with Crippen LogP contribution >= 0.6 is 0 Å². The highest BCUT2D eigenvalue weighted by atomic mass is 16.4. The van der Waals surface area contributed by atoms with Crippen LogP contribution in [-0.4, -0.2) is 26.8 Å². The molecule has 1 aromatic carbocycles. The average Bonchev–Trinajstić information content (AvgIpc) is 2.89. The predicted molar refractivity (Wildman–Crippen MR) is 86.6 cm³/mol. The number of carbonyl (C=O) groups excluding carboxylic acids is 1. The standard InChI is InChI=1S/C16H16N4O4/c21-14(17-8-4-10-20-15(22)7-3-9-18-20)11-19-12-5-1-2-6-13(12)24-16(19)23/h1-3,5-7,9H,4,8,10-11H2,(H,17,21). The van der Waals surface area contributed by atoms with Crippen LogP contribution in [0.4, 0.5) is 0 Å². The van der Waals surface area contributed by atoms with E-state index in [4.69, 9.17) is 4.42 Å². The van der Waals surface area contributed by atoms with Crippen molar-refractivity contribution >= 4 is 17.0 Å². The Morgan fingerprint density at radius 1 is 1.17 bits per heavy atom. The predicted octanol–water partition coefficient (Wildman–Crippen LogP) is 0.358. The van der Waals surface area contributed by atoms with Gasteiger partial charge in [0, 0.05) is 25.4 Å². The zero-order valence-corrected chi connectivity index (χ0v) is 12.8. The van der Waals surface area contributed by atoms with Crippen molar-refractivity contribution in [3.8, 4) is 0 Å². The molecule has 0 atom stereocenters. The highest BCUT2D eigenvalue weighted by molar-refractivity contribution is 5.79. The molecule has 0 saturated carbocycles. The third-order valence-electron chi connectivity index (χ3n) is 3.53. The summed E-state index contributed by atoms with van der Waals surface area (Å²) in [7, 11) is 0. The first kappa shape index (κ1) is 15.7. The van der Waals surface area contributed by atoms with E-state index >= 15 is 0 Å². The summed E-state index contributed by atoms with van der Waals surface area (Å²) in [4.78, 5) is 35.3. The van der Waals surface area contributed by atoms with E-state index in [9.17, 15) is 14.4 Å². The van der Waals surface area contributed by atoms with Gasteiger partial charge in [0.05, 0.1) is 5.52 Å². The lowest BCUT2D eigenvalue weighted by Crippen LogP contribution is -2.32. The molecular weight excluding hydrogens is 312 g/mol. The lowest BCUT2D eigenvalue weighted by Gasteiger charge is -2.06. The molecule has 2 heterocycles. The molecule has 0 aliphatic heterocycles. The van der Waals surface area contributed by atoms with Gasteiger partial charge in [-0.3, -0.25) is 14.2 Å². The summed E-state index contributed by atoms with van der Waals surface area (Å²) in [5.74, 6) is -0.858. The van der Waals surface area contributed by atoms with E-state index in [0.29, 0.717) is 30.6 Å². The van der Waals surface area contributed by atoms with E-state index in [0.717, 1.165) is 0 Å². The molecule has 0 bridgehead atoms. The number of carbonyl (C=O) groups is 1. The maximum absolute atomic E-state index is 12.0. The summed E-state index contributed by atoms with van der Waals surface area (Å²) in [6.07, 6.45) is 2.10. The van der Waals surface area contributed by atoms with E-state index in [1.807, 2.05) is 0 Å². The molecule has 0 spiro atoms. The number of aromatic nitrogens is 3. The van der Waals surface area contributed by atoms with Crippen molar-refractivity contribution < 1.29 is 9.21 Å². The second kappa shape index (κ2) is 6.95. The maximum atomic E-state index is 12.0. The number of fused-ring (bicyclic) bond motifs is 1. The first-order chi connectivity index (χ1) is 11.6. The number of aryl methyl sites for hydroxylation is 1. The van der Waals surface area contributed by atoms with Gasteiger partial charge in [-0.05, 0) is 24.6 Å². The van der Waals surface area contributed by atoms with Gasteiger partial charge in [-0.25, -0.2) is 9.48 Å². The number of nitrogens with zero attached hydrogens (tertiary/aromatic N) is 3. The van der Waals surface area contributed by atoms with Gasteiger partial charge in [-0.15, -0.1) is 0 Å². The molecule has 0 fully saturated rings. The molecule has 8 heteroatoms. The summed E-state index contributed by atoms with van der Waals surface area (Å²) >= 11 is 0. The van der Waals surface area contributed by atoms with Crippen LogP contribution < -0.4 is 16.6 Å². The molecule has 0 saturated heterocycles. The van der Waals surface area contributed by atoms with Crippen LogP contribution in [-0.2, 0) is 17.9 Å². The zero-order valence-electron chi connectivity index (χ0n) is 12.8. The van der Waals surface area contributed by atoms with Gasteiger partial charge < -0.3 is 9.73 Å². The van der Waals surface area contributed by atoms with Crippen molar-refractivity contribution in [2.75, 3.05) is 6.54 Å². The maximum Gasteiger partial charge on any atom is 0.420 e. The second-order valence-corrected chi connectivity index (χ2v) is 5.21. The minimum absolute atomic E-state index is 0.112. The Hall–Kier alpha value is -3.16. The molecular formula is C16H16N4O4. The Morgan fingerprint density at radius 3 is 2.83 bits per heavy atom. The number of nitrogens with one attached hydrogen (secondary N) is 1. The Morgan fingerprint density at radius 2 is 2.00 bits per heavy atom. The number of benzene rings is 1. The number of hydrogen-bond acceptors (Lipinski definition) is 5. The quantitative estimate of drug-likeness (QED) is 0.659. The minimum atomic E-state index is -0.564. The van der Waals surface area contributed by atoms with Crippen LogP contribution in [0.1, 0.15) is 6.42 Å². The summed E-state index contributed by atoms with van der Waals surface area (Å²) in [6, 6.07) is 9.94. The SMILES string of the molecule is O=C(Cn1c(=O)oc2ccccc21)NCCCn1ncccc1=O. The van der Waals surface area contributed by atoms with Gasteiger partial charge in [-0.2, -0.15) is 5.10 Å². The Balaban J connectivity index is 1.54. The molecule has 1 N–H and O–H groups in total. The van der Waals surface area contributed by atoms with E-state index in [1.165, 1.54) is 21.5 Å². The van der Waals surface area contributed by atoms with Gasteiger partial charge in [-0.1, -0.05) is 12.1 Å². The molecule has 1 amide bonds. The molecule has 3 rings (SSSR count). The third kappa shape index (κ3) is 3.43. The topological polar surface area (TPSA) is 99.1 Å². The van der Waals surface area contributed by atoms with Gasteiger partial charge in [0.2, 0.25) is 5.91 Å². The first-order valence-corrected chi connectivity index (χ1v) is 7.52. The van der Waals surface area contributed by atoms with Gasteiger partial charge >= 0.3 is 5.76 Å². The van der Waals surface area contributed by atoms with Crippen molar-refractivity contribution in [2.24, 2.45) is 0 Å². The van der Waals surface area contributed by atoms with Crippen molar-refractivity contribution in [3.63, 3.8) is 0 Å². The number of para-hydroxylation sites is 2. The molecule has 0 unspecified atom stereocenters. The van der Waals surface area contributed by atoms with Crippen LogP contribution in [0, 0.1) is 0 Å². The van der Waals surface area contributed by atoms with Gasteiger partial charge in [0.15, 0.2) is 5.58 Å². The summed E-state index contributed by atoms with van der Waals surface area (Å²) < 4.78 is 7.70. The number of amides is 1. The highest BCUT2D eigenvalue weighted by Gasteiger charge is 2.11. The largest absolute Gasteiger partial charge is 0.420 e. The Kier molecular flexibility index (Phi) is 4.55. The molecule has 24 heavy (non-hydrogen) atoms. The summed E-state index contributed by atoms with van der Waals surface area (Å²) in [5.41, 5.74) is 0.850. The normalized spacial score (nSPS) is 10.8. The van der Waals surface area contributed by atoms with E-state index < -0.39 is 5.76 Å². The van der Waals surface area contributed by atoms with Gasteiger partial charge in [0.1, 0.15) is 6.54 Å². The van der Waals surface area contributed by atoms with Crippen molar-refractivity contribution in [1.82, 2.24) is 19.7 Å². The van der Waals surface area contributed by atoms with Crippen molar-refractivity contribution in [1.29, 1.82) is 0 Å². The fraction of sp³-hybridized carbons (Fsp3) is 0.250. The van der Waals surface area contributed by atoms with E-state index in [1.54, 1.807) is 30.3 Å². The lowest BCUT2D eigenvalue weighted by molar-refractivity contribution is -0.121. The monoisotopic (exact) mass is 328 g/mol. The number of hydrogen-bond donors (Lipinski definition) is 1. The zero-order chi connectivity index (χ0) is 16.9. The lowest BCUT2D eigenvalue weighted by atomic mass is 10.3. The van der Waals surface area contributed by atoms with Crippen LogP contribution in [0.2, 0.25) is 0 Å². The molecule has 0 aliphatic carbocycles. The first-order valence-electron chi connectivity index (χ1n) is 7.52. The fourth-order valence-electron chi connectivity index (χ4n) is 2.38. The van der Waals surface area contributed by atoms with Gasteiger partial charge in [0.25, 0.3) is 5.56 Å². The smallest absolute Gasteiger partial charge is 0.408 e. The van der Waals surface area contributed by atoms with E-state index in [-0.39, 0.29) is 18.0 Å². The molecule has 3 aromatic rings. The number of oxazole rings is 1. The van der Waals surface area contributed by atoms with Crippen LogP contribution in [0.3, 0.4) is 0 Å². The fourth-order valence-corrected chi connectivity index (χ4v) is 2.38. The van der Waals surface area contributed by atoms with Crippen LogP contribution in [0.15, 0.2) is 56.6 Å². The minimum Gasteiger partial charge on any atom is -0.408 e.